The van der Waals surface area contributed by atoms with Gasteiger partial charge in [-0.25, -0.2) is 13.2 Å². The number of unbranched alkanes of at least 4 members (excludes halogenated alkanes) is 2. The van der Waals surface area contributed by atoms with Crippen LogP contribution in [-0.4, -0.2) is 22.6 Å². The molecule has 0 aliphatic rings. The Hall–Kier alpha value is -2.42. The molecule has 0 radical (unpaired) electrons. The Morgan fingerprint density at radius 2 is 1.93 bits per heavy atom. The van der Waals surface area contributed by atoms with Crippen LogP contribution in [0.15, 0.2) is 58.8 Å². The monoisotopic (exact) mass is 487 g/mol. The molecular weight excluding hydrogens is 463 g/mol. The Balaban J connectivity index is 0.00000218. The first-order chi connectivity index (χ1) is 14.4. The summed E-state index contributed by atoms with van der Waals surface area (Å²) in [5.41, 5.74) is 0.724. The third-order valence-corrected chi connectivity index (χ3v) is 4.48. The van der Waals surface area contributed by atoms with Crippen LogP contribution in [0.5, 0.6) is 0 Å². The van der Waals surface area contributed by atoms with Crippen molar-refractivity contribution in [2.75, 3.05) is 11.4 Å². The molecule has 0 unspecified atom stereocenters. The number of aromatic nitrogens is 2. The number of amides is 1. The SMILES string of the molecule is C=C.C=C(F)CCC(=O)N(CCCCCc1nc(C(F)F)no1)c1cccc(Br)c1. The summed E-state index contributed by atoms with van der Waals surface area (Å²) in [5.74, 6) is -1.13. The highest BCUT2D eigenvalue weighted by atomic mass is 79.9. The molecule has 0 fully saturated rings. The Morgan fingerprint density at radius 1 is 1.20 bits per heavy atom. The Kier molecular flexibility index (Phi) is 11.7. The molecule has 0 atom stereocenters. The molecule has 9 heteroatoms. The molecule has 0 spiro atoms. The summed E-state index contributed by atoms with van der Waals surface area (Å²) in [7, 11) is 0. The first-order valence-electron chi connectivity index (χ1n) is 9.36. The van der Waals surface area contributed by atoms with Gasteiger partial charge in [0, 0.05) is 36.0 Å². The standard InChI is InChI=1S/C19H21BrF3N3O2.C2H4/c1-13(21)9-10-17(27)26(15-7-5-6-14(20)12-15)11-4-2-3-8-16-24-19(18(22)23)25-28-16;1-2/h5-7,12,18H,1-4,8-11H2;1-2H2. The van der Waals surface area contributed by atoms with Gasteiger partial charge in [0.1, 0.15) is 0 Å². The third kappa shape index (κ3) is 8.94. The van der Waals surface area contributed by atoms with Crippen LogP contribution in [0.25, 0.3) is 0 Å². The smallest absolute Gasteiger partial charge is 0.300 e. The lowest BCUT2D eigenvalue weighted by molar-refractivity contribution is -0.118. The van der Waals surface area contributed by atoms with Gasteiger partial charge in [0.25, 0.3) is 0 Å². The van der Waals surface area contributed by atoms with Gasteiger partial charge in [0.15, 0.2) is 0 Å². The molecule has 0 bridgehead atoms. The maximum absolute atomic E-state index is 12.9. The van der Waals surface area contributed by atoms with Crippen molar-refractivity contribution in [1.82, 2.24) is 10.1 Å². The van der Waals surface area contributed by atoms with E-state index < -0.39 is 18.1 Å². The topological polar surface area (TPSA) is 59.2 Å². The highest BCUT2D eigenvalue weighted by molar-refractivity contribution is 9.10. The van der Waals surface area contributed by atoms with Crippen LogP contribution in [0.2, 0.25) is 0 Å². The van der Waals surface area contributed by atoms with Crippen molar-refractivity contribution in [2.24, 2.45) is 0 Å². The minimum atomic E-state index is -2.75. The van der Waals surface area contributed by atoms with Gasteiger partial charge in [0.2, 0.25) is 17.6 Å². The van der Waals surface area contributed by atoms with Crippen molar-refractivity contribution in [3.05, 3.63) is 66.0 Å². The zero-order chi connectivity index (χ0) is 22.5. The van der Waals surface area contributed by atoms with E-state index in [0.29, 0.717) is 25.8 Å². The molecule has 2 aromatic rings. The molecule has 30 heavy (non-hydrogen) atoms. The number of rotatable bonds is 11. The molecule has 1 amide bonds. The Labute approximate surface area is 182 Å². The summed E-state index contributed by atoms with van der Waals surface area (Å²) in [6.45, 7) is 9.65. The van der Waals surface area contributed by atoms with E-state index in [9.17, 15) is 18.0 Å². The molecule has 0 saturated carbocycles. The quantitative estimate of drug-likeness (QED) is 0.265. The van der Waals surface area contributed by atoms with E-state index in [0.717, 1.165) is 16.6 Å². The summed E-state index contributed by atoms with van der Waals surface area (Å²) in [6, 6.07) is 7.32. The minimum Gasteiger partial charge on any atom is -0.339 e. The first kappa shape index (κ1) is 25.6. The number of hydrogen-bond acceptors (Lipinski definition) is 4. The zero-order valence-electron chi connectivity index (χ0n) is 16.6. The molecule has 0 saturated heterocycles. The predicted octanol–water partition coefficient (Wildman–Crippen LogP) is 6.58. The highest BCUT2D eigenvalue weighted by Gasteiger charge is 2.17. The van der Waals surface area contributed by atoms with Crippen LogP contribution in [0, 0.1) is 0 Å². The average molecular weight is 488 g/mol. The van der Waals surface area contributed by atoms with E-state index in [1.807, 2.05) is 24.3 Å². The van der Waals surface area contributed by atoms with E-state index >= 15 is 0 Å². The van der Waals surface area contributed by atoms with Crippen LogP contribution in [-0.2, 0) is 11.2 Å². The number of alkyl halides is 2. The lowest BCUT2D eigenvalue weighted by atomic mass is 10.1. The van der Waals surface area contributed by atoms with Gasteiger partial charge in [0.05, 0.1) is 5.83 Å². The number of aryl methyl sites for hydroxylation is 1. The van der Waals surface area contributed by atoms with Crippen molar-refractivity contribution in [3.8, 4) is 0 Å². The summed E-state index contributed by atoms with van der Waals surface area (Å²) >= 11 is 3.38. The van der Waals surface area contributed by atoms with Gasteiger partial charge in [-0.3, -0.25) is 4.79 Å². The van der Waals surface area contributed by atoms with Crippen molar-refractivity contribution in [1.29, 1.82) is 0 Å². The Morgan fingerprint density at radius 3 is 2.53 bits per heavy atom. The second-order valence-corrected chi connectivity index (χ2v) is 7.12. The molecule has 0 aliphatic heterocycles. The number of allylic oxidation sites excluding steroid dienone is 1. The van der Waals surface area contributed by atoms with Gasteiger partial charge >= 0.3 is 6.43 Å². The molecule has 5 nitrogen and oxygen atoms in total. The van der Waals surface area contributed by atoms with Crippen LogP contribution in [0.4, 0.5) is 18.9 Å². The second-order valence-electron chi connectivity index (χ2n) is 6.20. The van der Waals surface area contributed by atoms with Crippen LogP contribution in [0.1, 0.15) is 50.2 Å². The van der Waals surface area contributed by atoms with Gasteiger partial charge in [-0.05, 0) is 31.0 Å². The summed E-state index contributed by atoms with van der Waals surface area (Å²) < 4.78 is 43.4. The molecule has 1 aromatic heterocycles. The number of carbonyl (C=O) groups excluding carboxylic acids is 1. The number of halogens is 4. The van der Waals surface area contributed by atoms with Crippen molar-refractivity contribution < 1.29 is 22.5 Å². The summed E-state index contributed by atoms with van der Waals surface area (Å²) in [4.78, 5) is 17.8. The van der Waals surface area contributed by atoms with Gasteiger partial charge < -0.3 is 9.42 Å². The van der Waals surface area contributed by atoms with Crippen molar-refractivity contribution in [3.63, 3.8) is 0 Å². The summed E-state index contributed by atoms with van der Waals surface area (Å²) in [5, 5.41) is 3.22. The van der Waals surface area contributed by atoms with Crippen LogP contribution in [0.3, 0.4) is 0 Å². The van der Waals surface area contributed by atoms with E-state index in [-0.39, 0.29) is 24.6 Å². The average Bonchev–Trinajstić information content (AvgIpc) is 3.19. The van der Waals surface area contributed by atoms with Gasteiger partial charge in [-0.15, -0.1) is 13.2 Å². The normalized spacial score (nSPS) is 10.4. The summed E-state index contributed by atoms with van der Waals surface area (Å²) in [6.07, 6.45) is -0.237. The number of carbonyl (C=O) groups is 1. The molecule has 0 aliphatic carbocycles. The van der Waals surface area contributed by atoms with E-state index in [2.05, 4.69) is 45.8 Å². The number of hydrogen-bond donors (Lipinski definition) is 0. The molecule has 0 N–H and O–H groups in total. The van der Waals surface area contributed by atoms with Crippen molar-refractivity contribution in [2.45, 2.75) is 45.0 Å². The highest BCUT2D eigenvalue weighted by Crippen LogP contribution is 2.22. The predicted molar refractivity (Wildman–Crippen MR) is 114 cm³/mol. The fourth-order valence-electron chi connectivity index (χ4n) is 2.60. The number of nitrogens with zero attached hydrogens (tertiary/aromatic N) is 3. The fraction of sp³-hybridized carbons (Fsp3) is 0.381. The van der Waals surface area contributed by atoms with E-state index in [4.69, 9.17) is 4.52 Å². The molecule has 2 rings (SSSR count). The minimum absolute atomic E-state index is 0.00697. The lowest BCUT2D eigenvalue weighted by Crippen LogP contribution is -2.31. The van der Waals surface area contributed by atoms with Gasteiger partial charge in [-0.1, -0.05) is 40.2 Å². The molecule has 164 valence electrons. The van der Waals surface area contributed by atoms with E-state index in [1.54, 1.807) is 4.90 Å². The molecule has 1 aromatic carbocycles. The van der Waals surface area contributed by atoms with Crippen LogP contribution >= 0.6 is 15.9 Å². The molecular formula is C21H25BrF3N3O2. The van der Waals surface area contributed by atoms with E-state index in [1.165, 1.54) is 0 Å². The lowest BCUT2D eigenvalue weighted by Gasteiger charge is -2.23. The van der Waals surface area contributed by atoms with Crippen molar-refractivity contribution >= 4 is 27.5 Å². The number of anilines is 1. The second kappa shape index (κ2) is 13.7. The molecule has 1 heterocycles. The maximum atomic E-state index is 12.9. The number of benzene rings is 1. The first-order valence-corrected chi connectivity index (χ1v) is 10.2. The van der Waals surface area contributed by atoms with Crippen LogP contribution < -0.4 is 4.90 Å². The fourth-order valence-corrected chi connectivity index (χ4v) is 2.99. The zero-order valence-corrected chi connectivity index (χ0v) is 18.2. The third-order valence-electron chi connectivity index (χ3n) is 3.98. The van der Waals surface area contributed by atoms with Gasteiger partial charge in [-0.2, -0.15) is 4.98 Å². The Bertz CT molecular complexity index is 814. The maximum Gasteiger partial charge on any atom is 0.300 e. The largest absolute Gasteiger partial charge is 0.339 e.